The van der Waals surface area contributed by atoms with Crippen molar-refractivity contribution in [3.8, 4) is 11.5 Å². The zero-order valence-corrected chi connectivity index (χ0v) is 18.3. The third kappa shape index (κ3) is 15.0. The minimum atomic E-state index is -4.63. The van der Waals surface area contributed by atoms with E-state index in [0.29, 0.717) is 6.42 Å². The van der Waals surface area contributed by atoms with Gasteiger partial charge in [-0.3, -0.25) is 14.6 Å². The first-order chi connectivity index (χ1) is 13.9. The normalized spacial score (nSPS) is 11.7. The molecule has 0 aliphatic heterocycles. The molecule has 7 heteroatoms. The van der Waals surface area contributed by atoms with Crippen LogP contribution in [0.25, 0.3) is 0 Å². The maximum Gasteiger partial charge on any atom is 0.524 e. The molecule has 2 N–H and O–H groups in total. The van der Waals surface area contributed by atoms with Gasteiger partial charge in [0.2, 0.25) is 0 Å². The van der Waals surface area contributed by atoms with Gasteiger partial charge < -0.3 is 9.26 Å². The Bertz CT molecular complexity index is 652. The summed E-state index contributed by atoms with van der Waals surface area (Å²) in [5, 5.41) is 0. The van der Waals surface area contributed by atoms with Gasteiger partial charge in [0.05, 0.1) is 0 Å². The lowest BCUT2D eigenvalue weighted by molar-refractivity contribution is -0.134. The van der Waals surface area contributed by atoms with E-state index in [1.165, 1.54) is 56.7 Å². The summed E-state index contributed by atoms with van der Waals surface area (Å²) >= 11 is 0. The van der Waals surface area contributed by atoms with Crippen LogP contribution in [0.15, 0.2) is 36.4 Å². The highest BCUT2D eigenvalue weighted by atomic mass is 31.2. The summed E-state index contributed by atoms with van der Waals surface area (Å²) in [6.45, 7) is 2.23. The van der Waals surface area contributed by atoms with E-state index in [1.807, 2.05) is 0 Å². The van der Waals surface area contributed by atoms with Crippen LogP contribution in [0.2, 0.25) is 0 Å². The van der Waals surface area contributed by atoms with Crippen LogP contribution in [-0.4, -0.2) is 15.8 Å². The van der Waals surface area contributed by atoms with Crippen LogP contribution in [0, 0.1) is 0 Å². The number of allylic oxidation sites excluding steroid dienone is 2. The van der Waals surface area contributed by atoms with Gasteiger partial charge in [-0.15, -0.1) is 0 Å². The topological polar surface area (TPSA) is 93.1 Å². The number of benzene rings is 1. The summed E-state index contributed by atoms with van der Waals surface area (Å²) in [4.78, 5) is 29.5. The Hall–Kier alpha value is -1.62. The van der Waals surface area contributed by atoms with Crippen molar-refractivity contribution in [3.63, 3.8) is 0 Å². The fraction of sp³-hybridized carbons (Fsp3) is 0.591. The van der Waals surface area contributed by atoms with Gasteiger partial charge in [0.15, 0.2) is 0 Å². The van der Waals surface area contributed by atoms with Crippen molar-refractivity contribution in [1.82, 2.24) is 0 Å². The highest BCUT2D eigenvalue weighted by Gasteiger charge is 2.16. The molecule has 1 aromatic rings. The van der Waals surface area contributed by atoms with Gasteiger partial charge in [0.25, 0.3) is 0 Å². The van der Waals surface area contributed by atoms with Gasteiger partial charge in [-0.05, 0) is 44.2 Å². The van der Waals surface area contributed by atoms with E-state index in [2.05, 4.69) is 23.6 Å². The molecule has 6 nitrogen and oxygen atoms in total. The lowest BCUT2D eigenvalue weighted by Crippen LogP contribution is -2.07. The number of rotatable bonds is 16. The third-order valence-corrected chi connectivity index (χ3v) is 4.85. The Labute approximate surface area is 174 Å². The maximum atomic E-state index is 11.9. The Kier molecular flexibility index (Phi) is 13.4. The van der Waals surface area contributed by atoms with Crippen LogP contribution in [-0.2, 0) is 9.36 Å². The van der Waals surface area contributed by atoms with Crippen molar-refractivity contribution in [2.24, 2.45) is 0 Å². The summed E-state index contributed by atoms with van der Waals surface area (Å²) in [5.41, 5.74) is 0. The fourth-order valence-corrected chi connectivity index (χ4v) is 3.29. The van der Waals surface area contributed by atoms with E-state index in [0.717, 1.165) is 32.1 Å². The number of carbonyl (C=O) groups excluding carboxylic acids is 1. The molecule has 0 amide bonds. The molecular formula is C22H35O6P. The minimum Gasteiger partial charge on any atom is -0.426 e. The number of ether oxygens (including phenoxy) is 1. The van der Waals surface area contributed by atoms with E-state index in [4.69, 9.17) is 14.5 Å². The van der Waals surface area contributed by atoms with Gasteiger partial charge in [-0.25, -0.2) is 4.57 Å². The summed E-state index contributed by atoms with van der Waals surface area (Å²) in [7, 11) is -4.63. The zero-order chi connectivity index (χ0) is 21.4. The number of unbranched alkanes of at least 4 members (excludes halogenated alkanes) is 9. The van der Waals surface area contributed by atoms with Crippen LogP contribution < -0.4 is 9.26 Å². The first kappa shape index (κ1) is 25.4. The molecule has 1 rings (SSSR count). The minimum absolute atomic E-state index is 0.0429. The molecule has 29 heavy (non-hydrogen) atoms. The lowest BCUT2D eigenvalue weighted by Gasteiger charge is -2.08. The third-order valence-electron chi connectivity index (χ3n) is 4.40. The van der Waals surface area contributed by atoms with Crippen molar-refractivity contribution in [1.29, 1.82) is 0 Å². The smallest absolute Gasteiger partial charge is 0.426 e. The first-order valence-electron chi connectivity index (χ1n) is 10.6. The SMILES string of the molecule is CCCCCC/C=C/CCCCCCCC(=O)Oc1cccc(OP(=O)(O)O)c1. The molecule has 0 aliphatic carbocycles. The predicted octanol–water partition coefficient (Wildman–Crippen LogP) is 6.32. The Morgan fingerprint density at radius 3 is 2.17 bits per heavy atom. The maximum absolute atomic E-state index is 11.9. The second-order valence-electron chi connectivity index (χ2n) is 7.16. The molecular weight excluding hydrogens is 391 g/mol. The highest BCUT2D eigenvalue weighted by molar-refractivity contribution is 7.46. The molecule has 0 fully saturated rings. The Morgan fingerprint density at radius 2 is 1.52 bits per heavy atom. The van der Waals surface area contributed by atoms with E-state index < -0.39 is 7.82 Å². The van der Waals surface area contributed by atoms with E-state index in [-0.39, 0.29) is 17.5 Å². The standard InChI is InChI=1S/C22H35O6P/c1-2-3-4-5-6-7-8-9-10-11-12-13-14-18-22(23)27-20-16-15-17-21(19-20)28-29(24,25)26/h7-8,15-17,19H,2-6,9-14,18H2,1H3,(H2,24,25,26)/b8-7+. The molecule has 0 radical (unpaired) electrons. The van der Waals surface area contributed by atoms with Gasteiger partial charge >= 0.3 is 13.8 Å². The van der Waals surface area contributed by atoms with Gasteiger partial charge in [0.1, 0.15) is 11.5 Å². The van der Waals surface area contributed by atoms with Crippen molar-refractivity contribution in [2.75, 3.05) is 0 Å². The molecule has 0 heterocycles. The summed E-state index contributed by atoms with van der Waals surface area (Å²) in [6, 6.07) is 5.72. The highest BCUT2D eigenvalue weighted by Crippen LogP contribution is 2.38. The second kappa shape index (κ2) is 15.3. The van der Waals surface area contributed by atoms with Crippen LogP contribution in [0.1, 0.15) is 84.0 Å². The first-order valence-corrected chi connectivity index (χ1v) is 12.1. The molecule has 0 atom stereocenters. The van der Waals surface area contributed by atoms with E-state index in [1.54, 1.807) is 6.07 Å². The van der Waals surface area contributed by atoms with Gasteiger partial charge in [-0.2, -0.15) is 0 Å². The number of carbonyl (C=O) groups is 1. The quantitative estimate of drug-likeness (QED) is 0.106. The van der Waals surface area contributed by atoms with Crippen LogP contribution in [0.5, 0.6) is 11.5 Å². The Morgan fingerprint density at radius 1 is 0.931 bits per heavy atom. The molecule has 0 aromatic heterocycles. The van der Waals surface area contributed by atoms with Crippen molar-refractivity contribution in [2.45, 2.75) is 84.0 Å². The van der Waals surface area contributed by atoms with Crippen LogP contribution in [0.3, 0.4) is 0 Å². The monoisotopic (exact) mass is 426 g/mol. The van der Waals surface area contributed by atoms with Crippen LogP contribution in [0.4, 0.5) is 0 Å². The summed E-state index contributed by atoms with van der Waals surface area (Å²) in [5.74, 6) is -0.189. The molecule has 1 aromatic carbocycles. The van der Waals surface area contributed by atoms with Crippen molar-refractivity contribution in [3.05, 3.63) is 36.4 Å². The molecule has 0 aliphatic rings. The molecule has 0 saturated carbocycles. The summed E-state index contributed by atoms with van der Waals surface area (Å²) in [6.07, 6.45) is 17.7. The molecule has 0 spiro atoms. The molecule has 164 valence electrons. The fourth-order valence-electron chi connectivity index (χ4n) is 2.90. The van der Waals surface area contributed by atoms with Gasteiger partial charge in [0, 0.05) is 12.5 Å². The largest absolute Gasteiger partial charge is 0.524 e. The number of phosphoric acid groups is 1. The molecule has 0 bridgehead atoms. The predicted molar refractivity (Wildman–Crippen MR) is 115 cm³/mol. The lowest BCUT2D eigenvalue weighted by atomic mass is 10.1. The van der Waals surface area contributed by atoms with E-state index >= 15 is 0 Å². The average molecular weight is 426 g/mol. The molecule has 0 unspecified atom stereocenters. The number of hydrogen-bond acceptors (Lipinski definition) is 4. The van der Waals surface area contributed by atoms with Crippen molar-refractivity contribution >= 4 is 13.8 Å². The van der Waals surface area contributed by atoms with E-state index in [9.17, 15) is 9.36 Å². The second-order valence-corrected chi connectivity index (χ2v) is 8.32. The number of esters is 1. The summed E-state index contributed by atoms with van der Waals surface area (Å²) < 4.78 is 20.5. The number of hydrogen-bond donors (Lipinski definition) is 2. The average Bonchev–Trinajstić information content (AvgIpc) is 2.64. The molecule has 0 saturated heterocycles. The Balaban J connectivity index is 2.06. The van der Waals surface area contributed by atoms with Gasteiger partial charge in [-0.1, -0.05) is 63.7 Å². The number of phosphoric ester groups is 1. The van der Waals surface area contributed by atoms with Crippen molar-refractivity contribution < 1.29 is 28.4 Å². The van der Waals surface area contributed by atoms with Crippen LogP contribution >= 0.6 is 7.82 Å². The zero-order valence-electron chi connectivity index (χ0n) is 17.4.